The van der Waals surface area contributed by atoms with E-state index in [1.165, 1.54) is 24.3 Å². The zero-order valence-electron chi connectivity index (χ0n) is 9.23. The standard InChI is InChI=1S/C12H10F2O4/c1-2-3-8(11(15)16)7-4-5-9-10(6-7)18-12(13,14)17-9/h2,4-6,8H,1,3H2,(H,15,16). The number of ether oxygens (including phenoxy) is 2. The predicted molar refractivity (Wildman–Crippen MR) is 57.8 cm³/mol. The van der Waals surface area contributed by atoms with Gasteiger partial charge in [0.2, 0.25) is 0 Å². The van der Waals surface area contributed by atoms with Crippen LogP contribution in [-0.4, -0.2) is 17.4 Å². The molecule has 1 N–H and O–H groups in total. The van der Waals surface area contributed by atoms with Gasteiger partial charge < -0.3 is 14.6 Å². The fraction of sp³-hybridized carbons (Fsp3) is 0.250. The number of hydrogen-bond donors (Lipinski definition) is 1. The monoisotopic (exact) mass is 256 g/mol. The molecule has 4 nitrogen and oxygen atoms in total. The average molecular weight is 256 g/mol. The van der Waals surface area contributed by atoms with Gasteiger partial charge in [-0.05, 0) is 24.1 Å². The molecule has 0 saturated carbocycles. The van der Waals surface area contributed by atoms with Crippen LogP contribution >= 0.6 is 0 Å². The number of benzene rings is 1. The Bertz CT molecular complexity index is 499. The van der Waals surface area contributed by atoms with Gasteiger partial charge in [-0.15, -0.1) is 15.4 Å². The van der Waals surface area contributed by atoms with Crippen molar-refractivity contribution in [1.82, 2.24) is 0 Å². The molecule has 2 rings (SSSR count). The van der Waals surface area contributed by atoms with Gasteiger partial charge in [-0.2, -0.15) is 0 Å². The lowest BCUT2D eigenvalue weighted by molar-refractivity contribution is -0.286. The largest absolute Gasteiger partial charge is 0.586 e. The summed E-state index contributed by atoms with van der Waals surface area (Å²) in [6.45, 7) is 3.46. The molecular weight excluding hydrogens is 246 g/mol. The summed E-state index contributed by atoms with van der Waals surface area (Å²) < 4.78 is 34.1. The normalized spacial score (nSPS) is 17.2. The van der Waals surface area contributed by atoms with E-state index in [-0.39, 0.29) is 17.9 Å². The molecule has 1 aromatic carbocycles. The first-order chi connectivity index (χ1) is 8.43. The Kier molecular flexibility index (Phi) is 2.94. The Morgan fingerprint density at radius 2 is 2.11 bits per heavy atom. The zero-order chi connectivity index (χ0) is 13.3. The van der Waals surface area contributed by atoms with E-state index in [0.717, 1.165) is 0 Å². The number of carboxylic acid groups (broad SMARTS) is 1. The highest BCUT2D eigenvalue weighted by atomic mass is 19.3. The molecule has 1 atom stereocenters. The van der Waals surface area contributed by atoms with Crippen molar-refractivity contribution in [2.75, 3.05) is 0 Å². The number of allylic oxidation sites excluding steroid dienone is 1. The topological polar surface area (TPSA) is 55.8 Å². The van der Waals surface area contributed by atoms with Crippen molar-refractivity contribution >= 4 is 5.97 Å². The van der Waals surface area contributed by atoms with Gasteiger partial charge >= 0.3 is 12.3 Å². The van der Waals surface area contributed by atoms with E-state index in [4.69, 9.17) is 5.11 Å². The highest BCUT2D eigenvalue weighted by molar-refractivity contribution is 5.76. The molecule has 6 heteroatoms. The highest BCUT2D eigenvalue weighted by Gasteiger charge is 2.43. The maximum absolute atomic E-state index is 12.8. The summed E-state index contributed by atoms with van der Waals surface area (Å²) in [6.07, 6.45) is -2.04. The Hall–Kier alpha value is -2.11. The highest BCUT2D eigenvalue weighted by Crippen LogP contribution is 2.42. The van der Waals surface area contributed by atoms with Crippen LogP contribution in [0.1, 0.15) is 17.9 Å². The number of halogens is 2. The van der Waals surface area contributed by atoms with Gasteiger partial charge in [-0.1, -0.05) is 12.1 Å². The molecule has 0 radical (unpaired) electrons. The maximum atomic E-state index is 12.8. The molecule has 0 amide bonds. The van der Waals surface area contributed by atoms with Crippen LogP contribution in [0, 0.1) is 0 Å². The third kappa shape index (κ3) is 2.27. The van der Waals surface area contributed by atoms with Gasteiger partial charge in [0.05, 0.1) is 5.92 Å². The molecule has 1 heterocycles. The van der Waals surface area contributed by atoms with Crippen molar-refractivity contribution < 1.29 is 28.2 Å². The number of carboxylic acids is 1. The number of alkyl halides is 2. The SMILES string of the molecule is C=CCC(C(=O)O)c1ccc2c(c1)OC(F)(F)O2. The Labute approximate surface area is 101 Å². The van der Waals surface area contributed by atoms with Crippen LogP contribution in [0.15, 0.2) is 30.9 Å². The van der Waals surface area contributed by atoms with Crippen molar-refractivity contribution in [3.05, 3.63) is 36.4 Å². The van der Waals surface area contributed by atoms with E-state index >= 15 is 0 Å². The lowest BCUT2D eigenvalue weighted by atomic mass is 9.95. The fourth-order valence-electron chi connectivity index (χ4n) is 1.73. The third-order valence-electron chi connectivity index (χ3n) is 2.53. The molecule has 1 aliphatic rings. The smallest absolute Gasteiger partial charge is 0.481 e. The van der Waals surface area contributed by atoms with Crippen molar-refractivity contribution in [3.63, 3.8) is 0 Å². The molecule has 1 aromatic rings. The lowest BCUT2D eigenvalue weighted by Crippen LogP contribution is -2.25. The van der Waals surface area contributed by atoms with Gasteiger partial charge in [-0.25, -0.2) is 0 Å². The van der Waals surface area contributed by atoms with Crippen molar-refractivity contribution in [2.24, 2.45) is 0 Å². The maximum Gasteiger partial charge on any atom is 0.586 e. The predicted octanol–water partition coefficient (Wildman–Crippen LogP) is 2.75. The second-order valence-corrected chi connectivity index (χ2v) is 3.79. The fourth-order valence-corrected chi connectivity index (χ4v) is 1.73. The number of hydrogen-bond acceptors (Lipinski definition) is 3. The van der Waals surface area contributed by atoms with Crippen LogP contribution in [0.4, 0.5) is 8.78 Å². The van der Waals surface area contributed by atoms with Crippen LogP contribution < -0.4 is 9.47 Å². The molecule has 1 aliphatic heterocycles. The number of rotatable bonds is 4. The van der Waals surface area contributed by atoms with E-state index in [9.17, 15) is 13.6 Å². The molecular formula is C12H10F2O4. The summed E-state index contributed by atoms with van der Waals surface area (Å²) >= 11 is 0. The van der Waals surface area contributed by atoms with E-state index in [1.54, 1.807) is 0 Å². The van der Waals surface area contributed by atoms with Crippen molar-refractivity contribution in [3.8, 4) is 11.5 Å². The summed E-state index contributed by atoms with van der Waals surface area (Å²) in [5.74, 6) is -2.16. The van der Waals surface area contributed by atoms with Gasteiger partial charge in [0.15, 0.2) is 11.5 Å². The van der Waals surface area contributed by atoms with Gasteiger partial charge in [0, 0.05) is 0 Å². The van der Waals surface area contributed by atoms with E-state index in [0.29, 0.717) is 5.56 Å². The van der Waals surface area contributed by atoms with Gasteiger partial charge in [0.25, 0.3) is 0 Å². The van der Waals surface area contributed by atoms with Crippen LogP contribution in [-0.2, 0) is 4.79 Å². The second-order valence-electron chi connectivity index (χ2n) is 3.79. The van der Waals surface area contributed by atoms with Crippen molar-refractivity contribution in [1.29, 1.82) is 0 Å². The first kappa shape index (κ1) is 12.3. The molecule has 0 saturated heterocycles. The summed E-state index contributed by atoms with van der Waals surface area (Å²) in [5, 5.41) is 9.04. The van der Waals surface area contributed by atoms with E-state index in [1.807, 2.05) is 0 Å². The lowest BCUT2D eigenvalue weighted by Gasteiger charge is -2.10. The Morgan fingerprint density at radius 1 is 1.44 bits per heavy atom. The molecule has 18 heavy (non-hydrogen) atoms. The van der Waals surface area contributed by atoms with Gasteiger partial charge in [0.1, 0.15) is 0 Å². The summed E-state index contributed by atoms with van der Waals surface area (Å²) in [6, 6.07) is 3.94. The molecule has 0 aliphatic carbocycles. The van der Waals surface area contributed by atoms with Crippen molar-refractivity contribution in [2.45, 2.75) is 18.6 Å². The minimum Gasteiger partial charge on any atom is -0.481 e. The molecule has 0 aromatic heterocycles. The molecule has 96 valence electrons. The Morgan fingerprint density at radius 3 is 2.72 bits per heavy atom. The summed E-state index contributed by atoms with van der Waals surface area (Å²) in [7, 11) is 0. The molecule has 0 spiro atoms. The quantitative estimate of drug-likeness (QED) is 0.841. The molecule has 0 fully saturated rings. The van der Waals surface area contributed by atoms with Crippen LogP contribution in [0.2, 0.25) is 0 Å². The molecule has 1 unspecified atom stereocenters. The summed E-state index contributed by atoms with van der Waals surface area (Å²) in [5.41, 5.74) is 0.363. The average Bonchev–Trinajstić information content (AvgIpc) is 2.58. The molecule has 0 bridgehead atoms. The second kappa shape index (κ2) is 4.29. The van der Waals surface area contributed by atoms with E-state index < -0.39 is 18.2 Å². The summed E-state index contributed by atoms with van der Waals surface area (Å²) in [4.78, 5) is 11.0. The third-order valence-corrected chi connectivity index (χ3v) is 2.53. The number of aliphatic carboxylic acids is 1. The first-order valence-electron chi connectivity index (χ1n) is 5.16. The first-order valence-corrected chi connectivity index (χ1v) is 5.16. The Balaban J connectivity index is 2.32. The number of fused-ring (bicyclic) bond motifs is 1. The minimum absolute atomic E-state index is 0.105. The zero-order valence-corrected chi connectivity index (χ0v) is 9.23. The number of carbonyl (C=O) groups is 1. The van der Waals surface area contributed by atoms with Crippen LogP contribution in [0.5, 0.6) is 11.5 Å². The van der Waals surface area contributed by atoms with Crippen LogP contribution in [0.25, 0.3) is 0 Å². The van der Waals surface area contributed by atoms with Crippen LogP contribution in [0.3, 0.4) is 0 Å². The van der Waals surface area contributed by atoms with Gasteiger partial charge in [-0.3, -0.25) is 4.79 Å². The minimum atomic E-state index is -3.70. The van der Waals surface area contributed by atoms with E-state index in [2.05, 4.69) is 16.1 Å².